The highest BCUT2D eigenvalue weighted by atomic mass is 15.7. The van der Waals surface area contributed by atoms with E-state index in [4.69, 9.17) is 0 Å². The Bertz CT molecular complexity index is 357. The molecule has 0 amide bonds. The lowest BCUT2D eigenvalue weighted by molar-refractivity contribution is 0.917. The fraction of sp³-hybridized carbons (Fsp3) is 0.250. The smallest absolute Gasteiger partial charge is 0.138 e. The third kappa shape index (κ3) is 0.298. The maximum absolute atomic E-state index is 2.29. The first kappa shape index (κ1) is 4.61. The lowest BCUT2D eigenvalue weighted by Crippen LogP contribution is -1.87. The van der Waals surface area contributed by atoms with E-state index in [-0.39, 0.29) is 0 Å². The molecule has 1 aliphatic rings. The summed E-state index contributed by atoms with van der Waals surface area (Å²) in [5, 5.41) is 0. The van der Waals surface area contributed by atoms with Crippen LogP contribution in [0.4, 0.5) is 0 Å². The van der Waals surface area contributed by atoms with Gasteiger partial charge in [-0.05, 0) is 19.1 Å². The normalized spacial score (nSPS) is 16.1. The van der Waals surface area contributed by atoms with Crippen molar-refractivity contribution in [1.29, 1.82) is 0 Å². The standard InChI is InChI=1S/C8H8N2/c1-6-9-7-4-2-3-5-8(7)10(6)9/h2-6H,1H3. The minimum Gasteiger partial charge on any atom is -0.257 e. The average Bonchev–Trinajstić information content (AvgIpc) is 2.49. The van der Waals surface area contributed by atoms with Crippen LogP contribution in [0.25, 0.3) is 11.0 Å². The third-order valence-corrected chi connectivity index (χ3v) is 2.26. The Morgan fingerprint density at radius 1 is 1.10 bits per heavy atom. The van der Waals surface area contributed by atoms with Gasteiger partial charge in [-0.15, -0.1) is 0 Å². The van der Waals surface area contributed by atoms with E-state index in [0.29, 0.717) is 6.17 Å². The van der Waals surface area contributed by atoms with Gasteiger partial charge in [0.25, 0.3) is 0 Å². The van der Waals surface area contributed by atoms with Crippen molar-refractivity contribution in [2.45, 2.75) is 13.1 Å². The van der Waals surface area contributed by atoms with E-state index in [0.717, 1.165) is 0 Å². The van der Waals surface area contributed by atoms with Crippen LogP contribution in [0.5, 0.6) is 0 Å². The highest BCUT2D eigenvalue weighted by molar-refractivity contribution is 5.81. The van der Waals surface area contributed by atoms with Gasteiger partial charge in [0.05, 0.1) is 11.0 Å². The molecule has 0 fully saturated rings. The number of hydrogen-bond acceptors (Lipinski definition) is 0. The van der Waals surface area contributed by atoms with Gasteiger partial charge in [0.2, 0.25) is 0 Å². The van der Waals surface area contributed by atoms with Gasteiger partial charge in [-0.1, -0.05) is 12.1 Å². The first-order valence-electron chi connectivity index (χ1n) is 3.57. The van der Waals surface area contributed by atoms with Crippen LogP contribution < -0.4 is 0 Å². The van der Waals surface area contributed by atoms with Crippen molar-refractivity contribution in [3.05, 3.63) is 24.3 Å². The fourth-order valence-corrected chi connectivity index (χ4v) is 1.70. The molecule has 10 heavy (non-hydrogen) atoms. The molecule has 0 N–H and O–H groups in total. The molecular weight excluding hydrogens is 124 g/mol. The van der Waals surface area contributed by atoms with Crippen molar-refractivity contribution < 1.29 is 0 Å². The predicted octanol–water partition coefficient (Wildman–Crippen LogP) is 1.82. The van der Waals surface area contributed by atoms with E-state index >= 15 is 0 Å². The molecule has 0 radical (unpaired) electrons. The van der Waals surface area contributed by atoms with E-state index in [1.165, 1.54) is 11.0 Å². The zero-order valence-electron chi connectivity index (χ0n) is 5.78. The maximum atomic E-state index is 2.29. The molecule has 50 valence electrons. The lowest BCUT2D eigenvalue weighted by atomic mass is 10.3. The zero-order valence-corrected chi connectivity index (χ0v) is 5.78. The molecule has 2 heterocycles. The van der Waals surface area contributed by atoms with Crippen molar-refractivity contribution >= 4 is 11.0 Å². The monoisotopic (exact) mass is 132 g/mol. The van der Waals surface area contributed by atoms with Gasteiger partial charge >= 0.3 is 0 Å². The SMILES string of the molecule is CC1n2c3ccccc3n21. The summed E-state index contributed by atoms with van der Waals surface area (Å²) in [5.41, 5.74) is 2.77. The van der Waals surface area contributed by atoms with Gasteiger partial charge in [-0.25, -0.2) is 0 Å². The summed E-state index contributed by atoms with van der Waals surface area (Å²) in [6, 6.07) is 8.49. The second kappa shape index (κ2) is 1.15. The average molecular weight is 132 g/mol. The van der Waals surface area contributed by atoms with Gasteiger partial charge in [0.1, 0.15) is 6.17 Å². The Labute approximate surface area is 58.6 Å². The molecule has 0 unspecified atom stereocenters. The molecule has 1 aromatic heterocycles. The Hall–Kier alpha value is -1.18. The molecular formula is C8H8N2. The minimum absolute atomic E-state index is 0.623. The topological polar surface area (TPSA) is 9.86 Å². The zero-order chi connectivity index (χ0) is 6.72. The Morgan fingerprint density at radius 3 is 2.10 bits per heavy atom. The summed E-state index contributed by atoms with van der Waals surface area (Å²) in [6.45, 7) is 2.21. The van der Waals surface area contributed by atoms with Crippen LogP contribution >= 0.6 is 0 Å². The number of fused-ring (bicyclic) bond motifs is 4. The Kier molecular flexibility index (Phi) is 0.528. The van der Waals surface area contributed by atoms with Crippen molar-refractivity contribution in [1.82, 2.24) is 9.36 Å². The van der Waals surface area contributed by atoms with Crippen LogP contribution in [0.3, 0.4) is 0 Å². The van der Waals surface area contributed by atoms with Crippen LogP contribution in [0.15, 0.2) is 24.3 Å². The molecule has 2 aromatic rings. The van der Waals surface area contributed by atoms with Crippen LogP contribution in [-0.2, 0) is 0 Å². The molecule has 1 aliphatic heterocycles. The van der Waals surface area contributed by atoms with Gasteiger partial charge in [-0.3, -0.25) is 9.36 Å². The van der Waals surface area contributed by atoms with Gasteiger partial charge in [0.15, 0.2) is 0 Å². The second-order valence-electron chi connectivity index (χ2n) is 2.81. The van der Waals surface area contributed by atoms with E-state index in [2.05, 4.69) is 40.6 Å². The Morgan fingerprint density at radius 2 is 1.60 bits per heavy atom. The van der Waals surface area contributed by atoms with Crippen LogP contribution in [0, 0.1) is 0 Å². The summed E-state index contributed by atoms with van der Waals surface area (Å²) < 4.78 is 4.57. The molecule has 0 saturated heterocycles. The molecule has 0 spiro atoms. The lowest BCUT2D eigenvalue weighted by Gasteiger charge is -1.97. The number of para-hydroxylation sites is 2. The molecule has 1 aromatic carbocycles. The van der Waals surface area contributed by atoms with Gasteiger partial charge in [-0.2, -0.15) is 0 Å². The highest BCUT2D eigenvalue weighted by Gasteiger charge is 2.32. The number of benzene rings is 1. The third-order valence-electron chi connectivity index (χ3n) is 2.26. The van der Waals surface area contributed by atoms with E-state index in [9.17, 15) is 0 Å². The molecule has 0 saturated carbocycles. The van der Waals surface area contributed by atoms with E-state index in [1.54, 1.807) is 0 Å². The second-order valence-corrected chi connectivity index (χ2v) is 2.81. The number of nitrogens with zero attached hydrogens (tertiary/aromatic N) is 2. The number of rotatable bonds is 0. The predicted molar refractivity (Wildman–Crippen MR) is 40.0 cm³/mol. The summed E-state index contributed by atoms with van der Waals surface area (Å²) in [6.07, 6.45) is 0.623. The van der Waals surface area contributed by atoms with Gasteiger partial charge < -0.3 is 0 Å². The largest absolute Gasteiger partial charge is 0.257 e. The number of aromatic nitrogens is 2. The van der Waals surface area contributed by atoms with Crippen molar-refractivity contribution in [2.75, 3.05) is 0 Å². The van der Waals surface area contributed by atoms with Crippen LogP contribution in [0.1, 0.15) is 13.1 Å². The summed E-state index contributed by atoms with van der Waals surface area (Å²) in [5.74, 6) is 0. The molecule has 0 atom stereocenters. The van der Waals surface area contributed by atoms with Crippen molar-refractivity contribution in [3.63, 3.8) is 0 Å². The minimum atomic E-state index is 0.623. The first-order valence-corrected chi connectivity index (χ1v) is 3.57. The quantitative estimate of drug-likeness (QED) is 0.517. The molecule has 2 nitrogen and oxygen atoms in total. The molecule has 3 rings (SSSR count). The van der Waals surface area contributed by atoms with E-state index in [1.807, 2.05) is 0 Å². The Balaban J connectivity index is 2.44. The van der Waals surface area contributed by atoms with Crippen LogP contribution in [-0.4, -0.2) is 9.36 Å². The van der Waals surface area contributed by atoms with Gasteiger partial charge in [0, 0.05) is 0 Å². The highest BCUT2D eigenvalue weighted by Crippen LogP contribution is 2.37. The van der Waals surface area contributed by atoms with Crippen LogP contribution in [0.2, 0.25) is 0 Å². The van der Waals surface area contributed by atoms with Crippen molar-refractivity contribution in [3.8, 4) is 0 Å². The molecule has 0 bridgehead atoms. The van der Waals surface area contributed by atoms with E-state index < -0.39 is 0 Å². The number of hydrogen-bond donors (Lipinski definition) is 0. The summed E-state index contributed by atoms with van der Waals surface area (Å²) >= 11 is 0. The summed E-state index contributed by atoms with van der Waals surface area (Å²) in [7, 11) is 0. The fourth-order valence-electron chi connectivity index (χ4n) is 1.70. The van der Waals surface area contributed by atoms with Crippen molar-refractivity contribution in [2.24, 2.45) is 0 Å². The molecule has 0 aliphatic carbocycles. The maximum Gasteiger partial charge on any atom is 0.138 e. The summed E-state index contributed by atoms with van der Waals surface area (Å²) in [4.78, 5) is 0. The first-order chi connectivity index (χ1) is 4.89. The molecule has 2 heteroatoms.